The number of hydrogen-bond donors (Lipinski definition) is 2. The van der Waals surface area contributed by atoms with Crippen molar-refractivity contribution < 1.29 is 19.4 Å². The fraction of sp³-hybridized carbons (Fsp3) is 0.840. The number of rotatable bonds is 2. The molecule has 5 aliphatic rings. The van der Waals surface area contributed by atoms with Crippen LogP contribution < -0.4 is 0 Å². The van der Waals surface area contributed by atoms with Gasteiger partial charge >= 0.3 is 0 Å². The molecule has 0 aromatic carbocycles. The normalized spacial score (nSPS) is 51.8. The highest BCUT2D eigenvalue weighted by molar-refractivity contribution is 6.33. The van der Waals surface area contributed by atoms with Crippen LogP contribution in [0, 0.1) is 28.6 Å². The highest BCUT2D eigenvalue weighted by atomic mass is 35.5. The van der Waals surface area contributed by atoms with E-state index >= 15 is 0 Å². The van der Waals surface area contributed by atoms with E-state index in [0.29, 0.717) is 18.8 Å². The van der Waals surface area contributed by atoms with Gasteiger partial charge in [-0.3, -0.25) is 9.89 Å². The van der Waals surface area contributed by atoms with E-state index in [1.807, 2.05) is 20.0 Å². The van der Waals surface area contributed by atoms with Crippen molar-refractivity contribution in [3.8, 4) is 0 Å². The van der Waals surface area contributed by atoms with Crippen molar-refractivity contribution in [2.24, 2.45) is 28.6 Å². The second-order valence-electron chi connectivity index (χ2n) is 12.2. The molecular formula is C25H34Cl2N2O4. The first-order valence-electron chi connectivity index (χ1n) is 12.3. The SMILES string of the molecule is CC1(C)O[C@@H]2C[C@H]3[C@@H]4CC[C@H]5Cc6[nH]ncc6C[C@]5(C)[C@@]4(Cl)[C@@H](Cl)C[C@]3(C)[C@]2(C(=O)CO)O1. The third kappa shape index (κ3) is 2.53. The molecule has 0 spiro atoms. The summed E-state index contributed by atoms with van der Waals surface area (Å²) in [4.78, 5) is 12.8. The lowest BCUT2D eigenvalue weighted by Crippen LogP contribution is -2.70. The van der Waals surface area contributed by atoms with Gasteiger partial charge in [0.05, 0.1) is 22.6 Å². The number of nitrogens with zero attached hydrogens (tertiary/aromatic N) is 1. The number of aliphatic hydroxyl groups is 1. The first-order chi connectivity index (χ1) is 15.4. The average Bonchev–Trinajstić information content (AvgIpc) is 3.36. The fourth-order valence-electron chi connectivity index (χ4n) is 9.12. The molecule has 0 bridgehead atoms. The minimum absolute atomic E-state index is 0.130. The van der Waals surface area contributed by atoms with Crippen molar-refractivity contribution in [1.82, 2.24) is 10.2 Å². The average molecular weight is 497 g/mol. The van der Waals surface area contributed by atoms with E-state index in [2.05, 4.69) is 24.0 Å². The Morgan fingerprint density at radius 1 is 1.24 bits per heavy atom. The number of halogens is 2. The van der Waals surface area contributed by atoms with Gasteiger partial charge in [0.25, 0.3) is 0 Å². The van der Waals surface area contributed by atoms with Crippen molar-refractivity contribution in [1.29, 1.82) is 0 Å². The van der Waals surface area contributed by atoms with Gasteiger partial charge in [-0.05, 0) is 81.1 Å². The Kier molecular flexibility index (Phi) is 4.66. The second kappa shape index (κ2) is 6.76. The monoisotopic (exact) mass is 496 g/mol. The Balaban J connectivity index is 1.45. The second-order valence-corrected chi connectivity index (χ2v) is 13.3. The predicted molar refractivity (Wildman–Crippen MR) is 124 cm³/mol. The van der Waals surface area contributed by atoms with E-state index in [-0.39, 0.29) is 28.4 Å². The number of alkyl halides is 2. The molecule has 4 aliphatic carbocycles. The van der Waals surface area contributed by atoms with Gasteiger partial charge in [-0.25, -0.2) is 0 Å². The molecule has 2 heterocycles. The van der Waals surface area contributed by atoms with Crippen molar-refractivity contribution in [2.45, 2.75) is 94.0 Å². The van der Waals surface area contributed by atoms with Crippen molar-refractivity contribution in [2.75, 3.05) is 6.61 Å². The smallest absolute Gasteiger partial charge is 0.193 e. The molecule has 3 saturated carbocycles. The molecule has 182 valence electrons. The van der Waals surface area contributed by atoms with Crippen molar-refractivity contribution in [3.05, 3.63) is 17.5 Å². The number of nitrogens with one attached hydrogen (secondary N) is 1. The number of H-pyrrole nitrogens is 1. The quantitative estimate of drug-likeness (QED) is 0.604. The number of hydrogen-bond acceptors (Lipinski definition) is 5. The van der Waals surface area contributed by atoms with Gasteiger partial charge in [-0.15, -0.1) is 23.2 Å². The summed E-state index contributed by atoms with van der Waals surface area (Å²) in [6.07, 6.45) is 6.65. The summed E-state index contributed by atoms with van der Waals surface area (Å²) < 4.78 is 12.8. The largest absolute Gasteiger partial charge is 0.388 e. The summed E-state index contributed by atoms with van der Waals surface area (Å²) in [5.41, 5.74) is 0.558. The molecule has 1 saturated heterocycles. The Bertz CT molecular complexity index is 1010. The molecule has 1 aromatic rings. The van der Waals surface area contributed by atoms with Crippen LogP contribution >= 0.6 is 23.2 Å². The number of aliphatic hydroxyl groups excluding tert-OH is 1. The maximum Gasteiger partial charge on any atom is 0.193 e. The Morgan fingerprint density at radius 2 is 2.00 bits per heavy atom. The molecule has 4 fully saturated rings. The highest BCUT2D eigenvalue weighted by Gasteiger charge is 2.79. The summed E-state index contributed by atoms with van der Waals surface area (Å²) >= 11 is 15.1. The third-order valence-electron chi connectivity index (χ3n) is 10.5. The zero-order valence-corrected chi connectivity index (χ0v) is 21.3. The number of aromatic amines is 1. The number of carbonyl (C=O) groups is 1. The fourth-order valence-corrected chi connectivity index (χ4v) is 10.4. The molecule has 0 amide bonds. The van der Waals surface area contributed by atoms with Crippen molar-refractivity contribution >= 4 is 29.0 Å². The van der Waals surface area contributed by atoms with Crippen LogP contribution in [0.25, 0.3) is 0 Å². The molecule has 33 heavy (non-hydrogen) atoms. The Morgan fingerprint density at radius 3 is 2.73 bits per heavy atom. The van der Waals surface area contributed by atoms with Crippen LogP contribution in [0.4, 0.5) is 0 Å². The van der Waals surface area contributed by atoms with Crippen LogP contribution in [0.2, 0.25) is 0 Å². The zero-order chi connectivity index (χ0) is 23.6. The summed E-state index contributed by atoms with van der Waals surface area (Å²) in [6, 6.07) is 0. The highest BCUT2D eigenvalue weighted by Crippen LogP contribution is 2.74. The number of carbonyl (C=O) groups excluding carboxylic acids is 1. The van der Waals surface area contributed by atoms with Gasteiger partial charge in [0.1, 0.15) is 6.61 Å². The molecule has 6 rings (SSSR count). The van der Waals surface area contributed by atoms with Gasteiger partial charge in [0, 0.05) is 11.1 Å². The number of aromatic nitrogens is 2. The maximum absolute atomic E-state index is 13.4. The Labute approximate surface area is 205 Å². The van der Waals surface area contributed by atoms with Crippen LogP contribution in [0.15, 0.2) is 6.20 Å². The molecule has 1 aliphatic heterocycles. The molecule has 9 atom stereocenters. The number of ketones is 1. The van der Waals surface area contributed by atoms with Crippen LogP contribution in [-0.4, -0.2) is 55.4 Å². The molecule has 0 radical (unpaired) electrons. The molecule has 1 aromatic heterocycles. The van der Waals surface area contributed by atoms with E-state index in [1.54, 1.807) is 0 Å². The lowest BCUT2D eigenvalue weighted by atomic mass is 9.43. The number of fused-ring (bicyclic) bond motifs is 8. The summed E-state index contributed by atoms with van der Waals surface area (Å²) in [5, 5.41) is 17.1. The standard InChI is InChI=1S/C25H34Cl2N2O4/c1-21(2)32-20-8-16-15-6-5-14-7-17-13(11-28-29-17)9-22(14,3)24(15,27)18(26)10-23(16,4)25(20,33-21)19(31)12-30/h11,14-16,18,20,30H,5-10,12H2,1-4H3,(H,28,29)/t14-,15-,16-,18-,20+,22-,23-,24-,25+/m0/s1. The van der Waals surface area contributed by atoms with Gasteiger partial charge in [-0.2, -0.15) is 5.10 Å². The number of Topliss-reactive ketones (excluding diaryl/α,β-unsaturated/α-hetero) is 1. The molecule has 6 nitrogen and oxygen atoms in total. The first kappa shape index (κ1) is 22.8. The summed E-state index contributed by atoms with van der Waals surface area (Å²) in [6.45, 7) is 7.58. The topological polar surface area (TPSA) is 84.4 Å². The van der Waals surface area contributed by atoms with E-state index in [4.69, 9.17) is 32.7 Å². The summed E-state index contributed by atoms with van der Waals surface area (Å²) in [5.74, 6) is -0.477. The van der Waals surface area contributed by atoms with Crippen molar-refractivity contribution in [3.63, 3.8) is 0 Å². The van der Waals surface area contributed by atoms with Crippen LogP contribution in [0.3, 0.4) is 0 Å². The van der Waals surface area contributed by atoms with Crippen LogP contribution in [-0.2, 0) is 27.1 Å². The van der Waals surface area contributed by atoms with E-state index < -0.39 is 34.4 Å². The lowest BCUT2D eigenvalue weighted by Gasteiger charge is -2.66. The summed E-state index contributed by atoms with van der Waals surface area (Å²) in [7, 11) is 0. The van der Waals surface area contributed by atoms with Crippen LogP contribution in [0.5, 0.6) is 0 Å². The predicted octanol–water partition coefficient (Wildman–Crippen LogP) is 4.01. The maximum atomic E-state index is 13.4. The lowest BCUT2D eigenvalue weighted by molar-refractivity contribution is -0.216. The molecule has 2 N–H and O–H groups in total. The minimum Gasteiger partial charge on any atom is -0.388 e. The molecule has 0 unspecified atom stereocenters. The van der Waals surface area contributed by atoms with E-state index in [0.717, 1.165) is 25.7 Å². The van der Waals surface area contributed by atoms with E-state index in [1.165, 1.54) is 11.3 Å². The number of ether oxygens (including phenoxy) is 2. The van der Waals surface area contributed by atoms with Crippen LogP contribution in [0.1, 0.15) is 64.6 Å². The molecule has 8 heteroatoms. The van der Waals surface area contributed by atoms with Gasteiger partial charge in [0.2, 0.25) is 0 Å². The van der Waals surface area contributed by atoms with E-state index in [9.17, 15) is 9.90 Å². The first-order valence-corrected chi connectivity index (χ1v) is 13.1. The molecular weight excluding hydrogens is 463 g/mol. The third-order valence-corrected chi connectivity index (χ3v) is 12.1. The van der Waals surface area contributed by atoms with Gasteiger partial charge < -0.3 is 14.6 Å². The zero-order valence-electron chi connectivity index (χ0n) is 19.8. The Hall–Kier alpha value is -0.660. The van der Waals surface area contributed by atoms with Gasteiger partial charge in [-0.1, -0.05) is 13.8 Å². The van der Waals surface area contributed by atoms with Gasteiger partial charge in [0.15, 0.2) is 17.2 Å². The minimum atomic E-state index is -1.19.